The van der Waals surface area contributed by atoms with Crippen molar-refractivity contribution in [2.24, 2.45) is 0 Å². The third kappa shape index (κ3) is 5.37. The molecule has 6 heteroatoms. The zero-order chi connectivity index (χ0) is 17.5. The summed E-state index contributed by atoms with van der Waals surface area (Å²) in [6.45, 7) is 2.80. The number of benzene rings is 1. The number of carbonyl (C=O) groups is 1. The first kappa shape index (κ1) is 18.1. The second-order valence-electron chi connectivity index (χ2n) is 6.26. The lowest BCUT2D eigenvalue weighted by Gasteiger charge is -2.29. The van der Waals surface area contributed by atoms with Crippen LogP contribution in [-0.2, 0) is 16.1 Å². The van der Waals surface area contributed by atoms with Gasteiger partial charge in [0.25, 0.3) is 0 Å². The lowest BCUT2D eigenvalue weighted by molar-refractivity contribution is -0.134. The molecule has 0 saturated carbocycles. The second kappa shape index (κ2) is 9.10. The van der Waals surface area contributed by atoms with E-state index in [1.54, 1.807) is 16.2 Å². The van der Waals surface area contributed by atoms with E-state index in [4.69, 9.17) is 4.74 Å². The molecule has 2 aromatic rings. The molecule has 1 saturated heterocycles. The first-order valence-corrected chi connectivity index (χ1v) is 9.49. The van der Waals surface area contributed by atoms with E-state index in [1.807, 2.05) is 47.2 Å². The van der Waals surface area contributed by atoms with Crippen molar-refractivity contribution in [3.05, 3.63) is 58.3 Å². The summed E-state index contributed by atoms with van der Waals surface area (Å²) in [5, 5.41) is 17.7. The van der Waals surface area contributed by atoms with Crippen molar-refractivity contribution in [3.8, 4) is 0 Å². The van der Waals surface area contributed by atoms with Gasteiger partial charge in [-0.05, 0) is 28.0 Å². The van der Waals surface area contributed by atoms with Crippen LogP contribution < -0.4 is 5.32 Å². The Morgan fingerprint density at radius 1 is 1.36 bits per heavy atom. The quantitative estimate of drug-likeness (QED) is 0.795. The molecule has 25 heavy (non-hydrogen) atoms. The number of amides is 1. The minimum absolute atomic E-state index is 0.0288. The normalized spacial score (nSPS) is 18.7. The summed E-state index contributed by atoms with van der Waals surface area (Å²) < 4.78 is 5.44. The van der Waals surface area contributed by atoms with E-state index in [0.29, 0.717) is 26.2 Å². The number of hydrogen-bond acceptors (Lipinski definition) is 5. The number of aliphatic hydroxyl groups excluding tert-OH is 1. The van der Waals surface area contributed by atoms with Gasteiger partial charge in [0.1, 0.15) is 0 Å². The Balaban J connectivity index is 1.67. The Morgan fingerprint density at radius 3 is 2.88 bits per heavy atom. The first-order chi connectivity index (χ1) is 12.2. The lowest BCUT2D eigenvalue weighted by atomic mass is 10.1. The molecule has 1 aromatic carbocycles. The van der Waals surface area contributed by atoms with Crippen LogP contribution in [-0.4, -0.2) is 48.3 Å². The highest BCUT2D eigenvalue weighted by Gasteiger charge is 2.23. The van der Waals surface area contributed by atoms with E-state index in [2.05, 4.69) is 5.32 Å². The molecule has 2 atom stereocenters. The Hall–Kier alpha value is -1.73. The van der Waals surface area contributed by atoms with E-state index in [0.717, 1.165) is 17.7 Å². The van der Waals surface area contributed by atoms with Crippen molar-refractivity contribution in [2.45, 2.75) is 25.1 Å². The molecule has 0 spiro atoms. The van der Waals surface area contributed by atoms with Crippen LogP contribution in [0.4, 0.5) is 0 Å². The van der Waals surface area contributed by atoms with Gasteiger partial charge in [0.15, 0.2) is 0 Å². The van der Waals surface area contributed by atoms with Gasteiger partial charge in [0.05, 0.1) is 25.9 Å². The molecule has 5 nitrogen and oxygen atoms in total. The number of thiophene rings is 1. The zero-order valence-corrected chi connectivity index (χ0v) is 15.0. The summed E-state index contributed by atoms with van der Waals surface area (Å²) >= 11 is 1.55. The molecule has 0 aliphatic carbocycles. The molecule has 1 aliphatic heterocycles. The van der Waals surface area contributed by atoms with Crippen LogP contribution >= 0.6 is 11.3 Å². The maximum atomic E-state index is 12.8. The van der Waals surface area contributed by atoms with Gasteiger partial charge in [0, 0.05) is 25.6 Å². The highest BCUT2D eigenvalue weighted by Crippen LogP contribution is 2.19. The van der Waals surface area contributed by atoms with Gasteiger partial charge in [0.2, 0.25) is 5.91 Å². The minimum Gasteiger partial charge on any atom is -0.387 e. The first-order valence-electron chi connectivity index (χ1n) is 8.55. The topological polar surface area (TPSA) is 61.8 Å². The number of nitrogens with zero attached hydrogens (tertiary/aromatic N) is 1. The third-order valence-electron chi connectivity index (χ3n) is 4.31. The average Bonchev–Trinajstić information content (AvgIpc) is 3.18. The largest absolute Gasteiger partial charge is 0.387 e. The summed E-state index contributed by atoms with van der Waals surface area (Å²) in [5.41, 5.74) is 1.91. The number of nitrogens with one attached hydrogen (secondary N) is 1. The van der Waals surface area contributed by atoms with Crippen molar-refractivity contribution >= 4 is 17.2 Å². The summed E-state index contributed by atoms with van der Waals surface area (Å²) in [5.74, 6) is 0.0288. The van der Waals surface area contributed by atoms with Crippen molar-refractivity contribution in [3.63, 3.8) is 0 Å². The predicted octanol–water partition coefficient (Wildman–Crippen LogP) is 2.19. The number of ether oxygens (including phenoxy) is 1. The van der Waals surface area contributed by atoms with Gasteiger partial charge < -0.3 is 20.1 Å². The van der Waals surface area contributed by atoms with Crippen LogP contribution in [0.3, 0.4) is 0 Å². The number of morpholine rings is 1. The van der Waals surface area contributed by atoms with E-state index >= 15 is 0 Å². The zero-order valence-electron chi connectivity index (χ0n) is 14.1. The van der Waals surface area contributed by atoms with Crippen molar-refractivity contribution in [1.29, 1.82) is 0 Å². The van der Waals surface area contributed by atoms with E-state index in [9.17, 15) is 9.90 Å². The van der Waals surface area contributed by atoms with Gasteiger partial charge >= 0.3 is 0 Å². The van der Waals surface area contributed by atoms with E-state index < -0.39 is 6.10 Å². The molecule has 0 radical (unpaired) electrons. The fourth-order valence-electron chi connectivity index (χ4n) is 2.93. The maximum Gasteiger partial charge on any atom is 0.224 e. The van der Waals surface area contributed by atoms with Gasteiger partial charge in [-0.1, -0.05) is 30.3 Å². The lowest BCUT2D eigenvalue weighted by Crippen LogP contribution is -2.45. The summed E-state index contributed by atoms with van der Waals surface area (Å²) in [4.78, 5) is 14.6. The number of rotatable bonds is 7. The Morgan fingerprint density at radius 2 is 2.20 bits per heavy atom. The number of aliphatic hydroxyl groups is 1. The van der Waals surface area contributed by atoms with E-state index in [1.165, 1.54) is 0 Å². The Kier molecular flexibility index (Phi) is 6.58. The Labute approximate surface area is 152 Å². The van der Waals surface area contributed by atoms with Crippen molar-refractivity contribution < 1.29 is 14.6 Å². The fourth-order valence-corrected chi connectivity index (χ4v) is 3.63. The summed E-state index contributed by atoms with van der Waals surface area (Å²) in [6, 6.07) is 11.8. The third-order valence-corrected chi connectivity index (χ3v) is 5.01. The molecule has 1 aliphatic rings. The van der Waals surface area contributed by atoms with E-state index in [-0.39, 0.29) is 18.5 Å². The number of carbonyl (C=O) groups excluding carboxylic acids is 1. The molecule has 1 fully saturated rings. The van der Waals surface area contributed by atoms with Gasteiger partial charge in [-0.3, -0.25) is 4.79 Å². The maximum absolute atomic E-state index is 12.8. The predicted molar refractivity (Wildman–Crippen MR) is 98.4 cm³/mol. The highest BCUT2D eigenvalue weighted by molar-refractivity contribution is 7.07. The molecule has 1 amide bonds. The molecule has 2 heterocycles. The SMILES string of the molecule is O=C(CC1COCCN1)N(Cc1ccccc1)CC(O)c1ccsc1. The van der Waals surface area contributed by atoms with Crippen LogP contribution in [0.15, 0.2) is 47.2 Å². The highest BCUT2D eigenvalue weighted by atomic mass is 32.1. The van der Waals surface area contributed by atoms with Crippen LogP contribution in [0, 0.1) is 0 Å². The van der Waals surface area contributed by atoms with Crippen LogP contribution in [0.2, 0.25) is 0 Å². The molecule has 0 bridgehead atoms. The van der Waals surface area contributed by atoms with Gasteiger partial charge in [-0.15, -0.1) is 0 Å². The minimum atomic E-state index is -0.672. The monoisotopic (exact) mass is 360 g/mol. The molecular formula is C19H24N2O3S. The standard InChI is InChI=1S/C19H24N2O3S/c22-18(16-6-9-25-14-16)12-21(11-15-4-2-1-3-5-15)19(23)10-17-13-24-8-7-20-17/h1-6,9,14,17-18,20,22H,7-8,10-13H2. The van der Waals surface area contributed by atoms with Crippen LogP contribution in [0.1, 0.15) is 23.7 Å². The number of hydrogen-bond donors (Lipinski definition) is 2. The van der Waals surface area contributed by atoms with Crippen molar-refractivity contribution in [2.75, 3.05) is 26.3 Å². The van der Waals surface area contributed by atoms with Crippen LogP contribution in [0.5, 0.6) is 0 Å². The summed E-state index contributed by atoms with van der Waals surface area (Å²) in [7, 11) is 0. The fraction of sp³-hybridized carbons (Fsp3) is 0.421. The Bertz CT molecular complexity index is 642. The average molecular weight is 360 g/mol. The molecule has 1 aromatic heterocycles. The molecule has 134 valence electrons. The van der Waals surface area contributed by atoms with Crippen LogP contribution in [0.25, 0.3) is 0 Å². The van der Waals surface area contributed by atoms with Gasteiger partial charge in [-0.25, -0.2) is 0 Å². The van der Waals surface area contributed by atoms with Crippen molar-refractivity contribution in [1.82, 2.24) is 10.2 Å². The molecular weight excluding hydrogens is 336 g/mol. The second-order valence-corrected chi connectivity index (χ2v) is 7.04. The molecule has 2 N–H and O–H groups in total. The smallest absolute Gasteiger partial charge is 0.224 e. The molecule has 3 rings (SSSR count). The van der Waals surface area contributed by atoms with Gasteiger partial charge in [-0.2, -0.15) is 11.3 Å². The summed E-state index contributed by atoms with van der Waals surface area (Å²) in [6.07, 6.45) is -0.294. The molecule has 2 unspecified atom stereocenters.